The molecule has 0 N–H and O–H groups in total. The van der Waals surface area contributed by atoms with E-state index in [4.69, 9.17) is 9.39 Å². The highest BCUT2D eigenvalue weighted by Gasteiger charge is 2.49. The average molecular weight is 398 g/mol. The van der Waals surface area contributed by atoms with Gasteiger partial charge in [-0.15, -0.1) is 6.58 Å². The maximum Gasteiger partial charge on any atom is 0.297 e. The summed E-state index contributed by atoms with van der Waals surface area (Å²) in [6.45, 7) is 14.4. The van der Waals surface area contributed by atoms with Crippen molar-refractivity contribution in [1.82, 2.24) is 0 Å². The lowest BCUT2D eigenvalue weighted by molar-refractivity contribution is 0.196. The lowest BCUT2D eigenvalue weighted by atomic mass is 9.50. The number of hydrogen-bond acceptors (Lipinski definition) is 2. The molecule has 0 saturated carbocycles. The summed E-state index contributed by atoms with van der Waals surface area (Å²) in [5.41, 5.74) is 3.23. The molecular formula is C24H39BO2Si. The van der Waals surface area contributed by atoms with Crippen molar-refractivity contribution in [2.75, 3.05) is 7.11 Å². The van der Waals surface area contributed by atoms with Crippen molar-refractivity contribution >= 4 is 15.0 Å². The fraction of sp³-hybridized carbons (Fsp3) is 0.667. The number of methoxy groups -OCH3 is 1. The van der Waals surface area contributed by atoms with Crippen LogP contribution in [0.3, 0.4) is 0 Å². The van der Waals surface area contributed by atoms with Gasteiger partial charge in [-0.2, -0.15) is 0 Å². The Morgan fingerprint density at radius 3 is 2.21 bits per heavy atom. The van der Waals surface area contributed by atoms with Gasteiger partial charge >= 0.3 is 0 Å². The van der Waals surface area contributed by atoms with Gasteiger partial charge in [-0.05, 0) is 48.2 Å². The van der Waals surface area contributed by atoms with E-state index >= 15 is 0 Å². The maximum atomic E-state index is 7.13. The van der Waals surface area contributed by atoms with Gasteiger partial charge in [-0.25, -0.2) is 0 Å². The summed E-state index contributed by atoms with van der Waals surface area (Å²) in [6.07, 6.45) is 9.32. The molecule has 2 aliphatic heterocycles. The molecule has 2 fully saturated rings. The molecule has 28 heavy (non-hydrogen) atoms. The Hall–Kier alpha value is -0.998. The lowest BCUT2D eigenvalue weighted by Gasteiger charge is -2.40. The van der Waals surface area contributed by atoms with Gasteiger partial charge in [-0.1, -0.05) is 75.9 Å². The molecular weight excluding hydrogens is 359 g/mol. The number of fused-ring (bicyclic) bond motifs is 3. The molecule has 0 aliphatic carbocycles. The first kappa shape index (κ1) is 21.7. The third-order valence-corrected chi connectivity index (χ3v) is 9.77. The van der Waals surface area contributed by atoms with Crippen LogP contribution in [0.25, 0.3) is 0 Å². The zero-order valence-electron chi connectivity index (χ0n) is 18.7. The SMILES string of the molecule is C=C(C)C[C@H](OB1C2CCCC(CCC2)[C@H]1[Si](C)(C)C)c1ccc(OC)cc1. The second kappa shape index (κ2) is 9.21. The van der Waals surface area contributed by atoms with Gasteiger partial charge < -0.3 is 9.39 Å². The third kappa shape index (κ3) is 5.13. The highest BCUT2D eigenvalue weighted by molar-refractivity contribution is 6.88. The normalized spacial score (nSPS) is 26.5. The second-order valence-corrected chi connectivity index (χ2v) is 15.7. The van der Waals surface area contributed by atoms with Crippen LogP contribution in [0.1, 0.15) is 63.5 Å². The molecule has 0 aromatic heterocycles. The van der Waals surface area contributed by atoms with Crippen molar-refractivity contribution in [2.24, 2.45) is 5.92 Å². The second-order valence-electron chi connectivity index (χ2n) is 10.3. The van der Waals surface area contributed by atoms with Crippen LogP contribution in [0.5, 0.6) is 5.75 Å². The van der Waals surface area contributed by atoms with Crippen molar-refractivity contribution in [1.29, 1.82) is 0 Å². The Morgan fingerprint density at radius 1 is 1.11 bits per heavy atom. The molecule has 2 saturated heterocycles. The van der Waals surface area contributed by atoms with Gasteiger partial charge in [0.15, 0.2) is 0 Å². The van der Waals surface area contributed by atoms with Crippen molar-refractivity contribution in [3.63, 3.8) is 0 Å². The average Bonchev–Trinajstić information content (AvgIpc) is 2.89. The lowest BCUT2D eigenvalue weighted by Crippen LogP contribution is -2.45. The molecule has 1 aromatic carbocycles. The molecule has 0 amide bonds. The van der Waals surface area contributed by atoms with Crippen molar-refractivity contribution in [2.45, 2.75) is 88.9 Å². The first-order chi connectivity index (χ1) is 13.3. The highest BCUT2D eigenvalue weighted by atomic mass is 28.3. The summed E-state index contributed by atoms with van der Waals surface area (Å²) in [5.74, 6) is 2.50. The Bertz CT molecular complexity index is 642. The number of hydrogen-bond donors (Lipinski definition) is 0. The third-order valence-electron chi connectivity index (χ3n) is 6.97. The van der Waals surface area contributed by atoms with Gasteiger partial charge in [0.25, 0.3) is 6.92 Å². The number of ether oxygens (including phenoxy) is 1. The highest BCUT2D eigenvalue weighted by Crippen LogP contribution is 2.51. The van der Waals surface area contributed by atoms with E-state index in [1.165, 1.54) is 49.7 Å². The summed E-state index contributed by atoms with van der Waals surface area (Å²) in [5, 5.41) is 0. The van der Waals surface area contributed by atoms with E-state index in [0.717, 1.165) is 29.3 Å². The first-order valence-corrected chi connectivity index (χ1v) is 14.8. The zero-order valence-corrected chi connectivity index (χ0v) is 19.7. The van der Waals surface area contributed by atoms with E-state index in [-0.39, 0.29) is 6.10 Å². The van der Waals surface area contributed by atoms with Crippen LogP contribution in [-0.4, -0.2) is 22.1 Å². The van der Waals surface area contributed by atoms with E-state index in [9.17, 15) is 0 Å². The quantitative estimate of drug-likeness (QED) is 0.354. The van der Waals surface area contributed by atoms with Gasteiger partial charge in [0.2, 0.25) is 0 Å². The molecule has 0 unspecified atom stereocenters. The van der Waals surface area contributed by atoms with Crippen LogP contribution >= 0.6 is 0 Å². The van der Waals surface area contributed by atoms with Gasteiger partial charge in [0, 0.05) is 8.07 Å². The minimum atomic E-state index is -1.33. The molecule has 4 heteroatoms. The molecule has 2 heterocycles. The fourth-order valence-electron chi connectivity index (χ4n) is 5.79. The van der Waals surface area contributed by atoms with Crippen LogP contribution in [0, 0.1) is 5.92 Å². The largest absolute Gasteiger partial charge is 0.497 e. The predicted molar refractivity (Wildman–Crippen MR) is 124 cm³/mol. The Labute approximate surface area is 174 Å². The van der Waals surface area contributed by atoms with E-state index in [0.29, 0.717) is 6.92 Å². The maximum absolute atomic E-state index is 7.13. The molecule has 0 radical (unpaired) electrons. The summed E-state index contributed by atoms with van der Waals surface area (Å²) < 4.78 is 12.5. The van der Waals surface area contributed by atoms with Crippen LogP contribution in [-0.2, 0) is 4.65 Å². The molecule has 2 bridgehead atoms. The minimum absolute atomic E-state index is 0.103. The van der Waals surface area contributed by atoms with Crippen LogP contribution in [0.2, 0.25) is 30.9 Å². The topological polar surface area (TPSA) is 18.5 Å². The van der Waals surface area contributed by atoms with Gasteiger partial charge in [0.05, 0.1) is 13.2 Å². The van der Waals surface area contributed by atoms with Crippen molar-refractivity contribution in [3.05, 3.63) is 42.0 Å². The smallest absolute Gasteiger partial charge is 0.297 e. The van der Waals surface area contributed by atoms with Crippen LogP contribution in [0.15, 0.2) is 36.4 Å². The Kier molecular flexibility index (Phi) is 7.14. The first-order valence-electron chi connectivity index (χ1n) is 11.2. The summed E-state index contributed by atoms with van der Waals surface area (Å²) >= 11 is 0. The van der Waals surface area contributed by atoms with Gasteiger partial charge in [-0.3, -0.25) is 0 Å². The monoisotopic (exact) mass is 398 g/mol. The molecule has 3 rings (SSSR count). The summed E-state index contributed by atoms with van der Waals surface area (Å²) in [4.78, 5) is 0. The van der Waals surface area contributed by atoms with E-state index in [1.54, 1.807) is 7.11 Å². The molecule has 2 atom stereocenters. The fourth-order valence-corrected chi connectivity index (χ4v) is 8.87. The molecule has 154 valence electrons. The van der Waals surface area contributed by atoms with Crippen LogP contribution < -0.4 is 4.74 Å². The molecule has 2 nitrogen and oxygen atoms in total. The molecule has 1 aromatic rings. The molecule has 0 spiro atoms. The van der Waals surface area contributed by atoms with Gasteiger partial charge in [0.1, 0.15) is 5.75 Å². The zero-order chi connectivity index (χ0) is 20.3. The Morgan fingerprint density at radius 2 is 1.71 bits per heavy atom. The van der Waals surface area contributed by atoms with Crippen molar-refractivity contribution in [3.8, 4) is 5.75 Å². The summed E-state index contributed by atoms with van der Waals surface area (Å²) in [7, 11) is 0.396. The predicted octanol–water partition coefficient (Wildman–Crippen LogP) is 7.31. The van der Waals surface area contributed by atoms with E-state index < -0.39 is 8.07 Å². The van der Waals surface area contributed by atoms with Crippen molar-refractivity contribution < 1.29 is 9.39 Å². The minimum Gasteiger partial charge on any atom is -0.497 e. The molecule has 2 aliphatic rings. The number of rotatable bonds is 7. The van der Waals surface area contributed by atoms with E-state index in [2.05, 4.69) is 57.4 Å². The summed E-state index contributed by atoms with van der Waals surface area (Å²) in [6, 6.07) is 8.48. The van der Waals surface area contributed by atoms with E-state index in [1.807, 2.05) is 0 Å². The Balaban J connectivity index is 1.92. The van der Waals surface area contributed by atoms with Crippen LogP contribution in [0.4, 0.5) is 0 Å². The standard InChI is InChI=1S/C24H39BO2Si/c1-18(2)17-23(19-13-15-22(26-3)16-14-19)27-25-21-11-7-9-20(10-8-12-21)24(25)28(4,5)6/h13-16,20-21,23-24H,1,7-12,17H2,2-6H3/t20?,21?,23-,24+/m0/s1. The number of benzene rings is 1.